The topological polar surface area (TPSA) is 90.3 Å². The number of rotatable bonds is 7. The van der Waals surface area contributed by atoms with E-state index in [4.69, 9.17) is 4.74 Å². The summed E-state index contributed by atoms with van der Waals surface area (Å²) in [6.07, 6.45) is -4.05. The number of esters is 1. The average Bonchev–Trinajstić information content (AvgIpc) is 3.29. The van der Waals surface area contributed by atoms with Gasteiger partial charge in [0.1, 0.15) is 5.00 Å². The molecule has 192 valence electrons. The van der Waals surface area contributed by atoms with Crippen LogP contribution in [0.3, 0.4) is 0 Å². The molecule has 1 amide bonds. The molecule has 0 fully saturated rings. The van der Waals surface area contributed by atoms with Gasteiger partial charge in [-0.2, -0.15) is 23.0 Å². The highest BCUT2D eigenvalue weighted by Crippen LogP contribution is 2.33. The zero-order valence-corrected chi connectivity index (χ0v) is 20.7. The van der Waals surface area contributed by atoms with E-state index < -0.39 is 29.2 Å². The summed E-state index contributed by atoms with van der Waals surface area (Å²) in [5.41, 5.74) is -0.967. The van der Waals surface area contributed by atoms with Crippen molar-refractivity contribution in [2.75, 3.05) is 11.9 Å². The highest BCUT2D eigenvalue weighted by atomic mass is 32.1. The number of fused-ring (bicyclic) bond motifs is 1. The molecule has 7 nitrogen and oxygen atoms in total. The van der Waals surface area contributed by atoms with E-state index >= 15 is 0 Å². The fourth-order valence-electron chi connectivity index (χ4n) is 3.92. The van der Waals surface area contributed by atoms with E-state index in [-0.39, 0.29) is 39.7 Å². The van der Waals surface area contributed by atoms with Crippen LogP contribution in [-0.2, 0) is 15.7 Å². The van der Waals surface area contributed by atoms with Crippen LogP contribution in [0.15, 0.2) is 64.8 Å². The SMILES string of the molecule is CCOC(=O)c1nn(-c2ccc(C(F)(F)F)cc2)c(=O)c2c(NC(=O)C(CC)c3ccccc3)scc12. The summed E-state index contributed by atoms with van der Waals surface area (Å²) in [4.78, 5) is 39.4. The summed E-state index contributed by atoms with van der Waals surface area (Å²) in [5, 5.41) is 8.83. The Morgan fingerprint density at radius 2 is 1.76 bits per heavy atom. The first-order valence-electron chi connectivity index (χ1n) is 11.4. The number of anilines is 1. The smallest absolute Gasteiger partial charge is 0.416 e. The zero-order chi connectivity index (χ0) is 26.7. The van der Waals surface area contributed by atoms with Gasteiger partial charge in [-0.15, -0.1) is 11.3 Å². The van der Waals surface area contributed by atoms with Crippen LogP contribution in [-0.4, -0.2) is 28.3 Å². The van der Waals surface area contributed by atoms with Gasteiger partial charge in [0.15, 0.2) is 5.69 Å². The lowest BCUT2D eigenvalue weighted by Gasteiger charge is -2.15. The summed E-state index contributed by atoms with van der Waals surface area (Å²) >= 11 is 1.05. The summed E-state index contributed by atoms with van der Waals surface area (Å²) in [7, 11) is 0. The van der Waals surface area contributed by atoms with Crippen LogP contribution in [0.5, 0.6) is 0 Å². The second-order valence-electron chi connectivity index (χ2n) is 8.04. The summed E-state index contributed by atoms with van der Waals surface area (Å²) in [6, 6.07) is 13.0. The number of ether oxygens (including phenoxy) is 1. The molecule has 4 rings (SSSR count). The largest absolute Gasteiger partial charge is 0.461 e. The van der Waals surface area contributed by atoms with E-state index in [1.54, 1.807) is 6.92 Å². The number of thiophene rings is 1. The lowest BCUT2D eigenvalue weighted by Crippen LogP contribution is -2.26. The molecule has 11 heteroatoms. The maximum atomic E-state index is 13.5. The number of aromatic nitrogens is 2. The fraction of sp³-hybridized carbons (Fsp3) is 0.231. The first kappa shape index (κ1) is 26.1. The molecular formula is C26H22F3N3O4S. The number of hydrogen-bond acceptors (Lipinski definition) is 6. The molecule has 0 bridgehead atoms. The summed E-state index contributed by atoms with van der Waals surface area (Å²) < 4.78 is 45.0. The molecule has 1 N–H and O–H groups in total. The van der Waals surface area contributed by atoms with Gasteiger partial charge in [-0.05, 0) is 43.2 Å². The zero-order valence-electron chi connectivity index (χ0n) is 19.8. The average molecular weight is 530 g/mol. The lowest BCUT2D eigenvalue weighted by molar-refractivity contribution is -0.137. The van der Waals surface area contributed by atoms with Crippen molar-refractivity contribution in [3.63, 3.8) is 0 Å². The van der Waals surface area contributed by atoms with Crippen molar-refractivity contribution < 1.29 is 27.5 Å². The van der Waals surface area contributed by atoms with Gasteiger partial charge in [0.25, 0.3) is 5.56 Å². The fourth-order valence-corrected chi connectivity index (χ4v) is 4.86. The maximum absolute atomic E-state index is 13.5. The third kappa shape index (κ3) is 5.26. The molecule has 0 aliphatic carbocycles. The minimum Gasteiger partial charge on any atom is -0.461 e. The van der Waals surface area contributed by atoms with Crippen LogP contribution in [0.1, 0.15) is 47.8 Å². The quantitative estimate of drug-likeness (QED) is 0.307. The van der Waals surface area contributed by atoms with Gasteiger partial charge in [0, 0.05) is 10.8 Å². The molecule has 1 unspecified atom stereocenters. The molecule has 0 radical (unpaired) electrons. The number of carbonyl (C=O) groups excluding carboxylic acids is 2. The normalized spacial score (nSPS) is 12.4. The second kappa shape index (κ2) is 10.6. The van der Waals surface area contributed by atoms with Gasteiger partial charge >= 0.3 is 12.1 Å². The highest BCUT2D eigenvalue weighted by molar-refractivity contribution is 7.16. The number of amides is 1. The Morgan fingerprint density at radius 1 is 1.08 bits per heavy atom. The van der Waals surface area contributed by atoms with E-state index in [1.165, 1.54) is 5.38 Å². The molecule has 0 spiro atoms. The molecule has 0 saturated heterocycles. The summed E-state index contributed by atoms with van der Waals surface area (Å²) in [6.45, 7) is 3.52. The van der Waals surface area contributed by atoms with Gasteiger partial charge < -0.3 is 10.1 Å². The van der Waals surface area contributed by atoms with Crippen LogP contribution in [0.25, 0.3) is 16.5 Å². The number of nitrogens with zero attached hydrogens (tertiary/aromatic N) is 2. The molecule has 1 atom stereocenters. The Hall–Kier alpha value is -3.99. The molecule has 0 aliphatic rings. The number of hydrogen-bond donors (Lipinski definition) is 1. The van der Waals surface area contributed by atoms with E-state index in [2.05, 4.69) is 10.4 Å². The molecule has 2 heterocycles. The Bertz CT molecular complexity index is 1500. The van der Waals surface area contributed by atoms with Gasteiger partial charge in [-0.3, -0.25) is 9.59 Å². The van der Waals surface area contributed by atoms with Crippen LogP contribution >= 0.6 is 11.3 Å². The van der Waals surface area contributed by atoms with Gasteiger partial charge in [-0.25, -0.2) is 4.79 Å². The van der Waals surface area contributed by atoms with Crippen LogP contribution < -0.4 is 10.9 Å². The van der Waals surface area contributed by atoms with E-state index in [9.17, 15) is 27.6 Å². The number of halogens is 3. The van der Waals surface area contributed by atoms with Gasteiger partial charge in [0.05, 0.1) is 29.2 Å². The van der Waals surface area contributed by atoms with Crippen molar-refractivity contribution in [3.05, 3.63) is 87.2 Å². The van der Waals surface area contributed by atoms with Crippen LogP contribution in [0.4, 0.5) is 18.2 Å². The molecule has 2 aromatic carbocycles. The van der Waals surface area contributed by atoms with Crippen molar-refractivity contribution in [1.29, 1.82) is 0 Å². The van der Waals surface area contributed by atoms with Gasteiger partial charge in [0.2, 0.25) is 5.91 Å². The number of alkyl halides is 3. The Balaban J connectivity index is 1.83. The van der Waals surface area contributed by atoms with Crippen molar-refractivity contribution in [3.8, 4) is 5.69 Å². The van der Waals surface area contributed by atoms with Crippen molar-refractivity contribution >= 4 is 39.0 Å². The monoisotopic (exact) mass is 529 g/mol. The molecule has 0 saturated carbocycles. The van der Waals surface area contributed by atoms with Crippen molar-refractivity contribution in [2.24, 2.45) is 0 Å². The Morgan fingerprint density at radius 3 is 2.35 bits per heavy atom. The highest BCUT2D eigenvalue weighted by Gasteiger charge is 2.30. The second-order valence-corrected chi connectivity index (χ2v) is 8.92. The van der Waals surface area contributed by atoms with Crippen molar-refractivity contribution in [2.45, 2.75) is 32.4 Å². The first-order valence-corrected chi connectivity index (χ1v) is 12.3. The Kier molecular flexibility index (Phi) is 7.44. The van der Waals surface area contributed by atoms with Gasteiger partial charge in [-0.1, -0.05) is 37.3 Å². The Labute approximate surface area is 213 Å². The summed E-state index contributed by atoms with van der Waals surface area (Å²) in [5.74, 6) is -1.63. The predicted octanol–water partition coefficient (Wildman–Crippen LogP) is 5.78. The van der Waals surface area contributed by atoms with Crippen molar-refractivity contribution in [1.82, 2.24) is 9.78 Å². The van der Waals surface area contributed by atoms with Crippen LogP contribution in [0.2, 0.25) is 0 Å². The number of nitrogens with one attached hydrogen (secondary N) is 1. The third-order valence-corrected chi connectivity index (χ3v) is 6.62. The predicted molar refractivity (Wildman–Crippen MR) is 134 cm³/mol. The third-order valence-electron chi connectivity index (χ3n) is 5.72. The minimum atomic E-state index is -4.56. The maximum Gasteiger partial charge on any atom is 0.416 e. The minimum absolute atomic E-state index is 0.0132. The number of carbonyl (C=O) groups is 2. The molecule has 2 aromatic heterocycles. The first-order chi connectivity index (χ1) is 17.7. The molecule has 0 aliphatic heterocycles. The van der Waals surface area contributed by atoms with E-state index in [1.807, 2.05) is 37.3 Å². The molecule has 4 aromatic rings. The molecule has 37 heavy (non-hydrogen) atoms. The standard InChI is InChI=1S/C26H22F3N3O4S/c1-3-18(15-8-6-5-7-9-15)22(33)30-23-20-19(14-37-23)21(25(35)36-4-2)31-32(24(20)34)17-12-10-16(11-13-17)26(27,28)29/h5-14,18H,3-4H2,1-2H3,(H,30,33). The van der Waals surface area contributed by atoms with Crippen LogP contribution in [0, 0.1) is 0 Å². The lowest BCUT2D eigenvalue weighted by atomic mass is 9.96. The van der Waals surface area contributed by atoms with E-state index in [0.29, 0.717) is 6.42 Å². The molecular weight excluding hydrogens is 507 g/mol. The number of benzene rings is 2. The van der Waals surface area contributed by atoms with E-state index in [0.717, 1.165) is 45.8 Å².